The van der Waals surface area contributed by atoms with E-state index in [-0.39, 0.29) is 15.4 Å². The average Bonchev–Trinajstić information content (AvgIpc) is 2.90. The van der Waals surface area contributed by atoms with Crippen LogP contribution in [0.25, 0.3) is 0 Å². The molecule has 1 amide bonds. The summed E-state index contributed by atoms with van der Waals surface area (Å²) in [4.78, 5) is 18.2. The highest BCUT2D eigenvalue weighted by atomic mass is 35.5. The Kier molecular flexibility index (Phi) is 5.40. The Labute approximate surface area is 125 Å². The van der Waals surface area contributed by atoms with E-state index in [1.54, 1.807) is 18.2 Å². The van der Waals surface area contributed by atoms with E-state index in [2.05, 4.69) is 15.2 Å². The smallest absolute Gasteiger partial charge is 0.285 e. The fourth-order valence-corrected chi connectivity index (χ4v) is 2.36. The number of amides is 1. The average molecular weight is 313 g/mol. The summed E-state index contributed by atoms with van der Waals surface area (Å²) in [6, 6.07) is 5.57. The molecule has 0 fully saturated rings. The fraction of sp³-hybridized carbons (Fsp3) is 0.333. The van der Waals surface area contributed by atoms with E-state index in [1.807, 2.05) is 18.2 Å². The van der Waals surface area contributed by atoms with E-state index in [4.69, 9.17) is 16.3 Å². The first-order valence-electron chi connectivity index (χ1n) is 5.88. The molecular weight excluding hydrogens is 300 g/mol. The van der Waals surface area contributed by atoms with Crippen molar-refractivity contribution >= 4 is 28.8 Å². The van der Waals surface area contributed by atoms with Crippen LogP contribution in [-0.4, -0.2) is 46.2 Å². The highest BCUT2D eigenvalue weighted by Gasteiger charge is 2.20. The minimum atomic E-state index is -0.225. The van der Waals surface area contributed by atoms with E-state index in [0.29, 0.717) is 19.7 Å². The van der Waals surface area contributed by atoms with Gasteiger partial charge in [0.1, 0.15) is 0 Å². The van der Waals surface area contributed by atoms with Crippen LogP contribution in [0.15, 0.2) is 24.4 Å². The van der Waals surface area contributed by atoms with Crippen molar-refractivity contribution < 1.29 is 9.53 Å². The largest absolute Gasteiger partial charge is 0.383 e. The molecule has 0 radical (unpaired) electrons. The number of carbonyl (C=O) groups is 1. The van der Waals surface area contributed by atoms with Gasteiger partial charge in [-0.1, -0.05) is 17.4 Å². The van der Waals surface area contributed by atoms with Crippen molar-refractivity contribution in [2.45, 2.75) is 6.54 Å². The van der Waals surface area contributed by atoms with Gasteiger partial charge in [-0.05, 0) is 23.7 Å². The highest BCUT2D eigenvalue weighted by Crippen LogP contribution is 2.17. The molecule has 2 rings (SSSR count). The van der Waals surface area contributed by atoms with Crippen LogP contribution in [0.3, 0.4) is 0 Å². The van der Waals surface area contributed by atoms with Gasteiger partial charge in [0.2, 0.25) is 9.47 Å². The fourth-order valence-electron chi connectivity index (χ4n) is 1.57. The molecule has 2 aromatic rings. The molecule has 20 heavy (non-hydrogen) atoms. The molecular formula is C12H13ClN4O2S. The molecule has 2 aromatic heterocycles. The van der Waals surface area contributed by atoms with E-state index in [1.165, 1.54) is 0 Å². The quantitative estimate of drug-likeness (QED) is 0.814. The Morgan fingerprint density at radius 1 is 1.45 bits per heavy atom. The van der Waals surface area contributed by atoms with Crippen molar-refractivity contribution in [3.05, 3.63) is 39.6 Å². The Hall–Kier alpha value is -1.57. The molecule has 6 nitrogen and oxygen atoms in total. The Bertz CT molecular complexity index is 564. The van der Waals surface area contributed by atoms with Crippen molar-refractivity contribution in [3.8, 4) is 0 Å². The monoisotopic (exact) mass is 312 g/mol. The molecule has 8 heteroatoms. The van der Waals surface area contributed by atoms with Crippen LogP contribution in [-0.2, 0) is 11.3 Å². The SMILES string of the molecule is COCCN(Cc1ccccn1)C(=O)c1nnc(Cl)s1. The summed E-state index contributed by atoms with van der Waals surface area (Å²) in [5.41, 5.74) is 0.799. The van der Waals surface area contributed by atoms with Gasteiger partial charge in [0.25, 0.3) is 5.91 Å². The Balaban J connectivity index is 2.12. The van der Waals surface area contributed by atoms with Gasteiger partial charge < -0.3 is 9.64 Å². The predicted molar refractivity (Wildman–Crippen MR) is 75.8 cm³/mol. The molecule has 0 N–H and O–H groups in total. The topological polar surface area (TPSA) is 68.2 Å². The van der Waals surface area contributed by atoms with Gasteiger partial charge in [-0.2, -0.15) is 0 Å². The molecule has 2 heterocycles. The van der Waals surface area contributed by atoms with Crippen LogP contribution < -0.4 is 0 Å². The van der Waals surface area contributed by atoms with E-state index in [0.717, 1.165) is 17.0 Å². The van der Waals surface area contributed by atoms with Gasteiger partial charge in [0, 0.05) is 19.9 Å². The first-order valence-corrected chi connectivity index (χ1v) is 7.07. The number of aromatic nitrogens is 3. The van der Waals surface area contributed by atoms with Crippen molar-refractivity contribution in [2.24, 2.45) is 0 Å². The number of hydrogen-bond acceptors (Lipinski definition) is 6. The second-order valence-electron chi connectivity index (χ2n) is 3.90. The minimum absolute atomic E-state index is 0.225. The number of halogens is 1. The van der Waals surface area contributed by atoms with Crippen LogP contribution in [0, 0.1) is 0 Å². The van der Waals surface area contributed by atoms with Gasteiger partial charge in [0.15, 0.2) is 0 Å². The summed E-state index contributed by atoms with van der Waals surface area (Å²) >= 11 is 6.77. The summed E-state index contributed by atoms with van der Waals surface area (Å²) in [6.45, 7) is 1.27. The van der Waals surface area contributed by atoms with E-state index < -0.39 is 0 Å². The van der Waals surface area contributed by atoms with E-state index in [9.17, 15) is 4.79 Å². The van der Waals surface area contributed by atoms with Crippen LogP contribution in [0.1, 0.15) is 15.5 Å². The third-order valence-corrected chi connectivity index (χ3v) is 3.52. The normalized spacial score (nSPS) is 10.5. The third-order valence-electron chi connectivity index (χ3n) is 2.51. The van der Waals surface area contributed by atoms with Crippen molar-refractivity contribution in [3.63, 3.8) is 0 Å². The lowest BCUT2D eigenvalue weighted by Crippen LogP contribution is -2.33. The highest BCUT2D eigenvalue weighted by molar-refractivity contribution is 7.17. The molecule has 0 saturated carbocycles. The van der Waals surface area contributed by atoms with Crippen LogP contribution in [0.5, 0.6) is 0 Å². The first kappa shape index (κ1) is 14.8. The minimum Gasteiger partial charge on any atom is -0.383 e. The number of pyridine rings is 1. The summed E-state index contributed by atoms with van der Waals surface area (Å²) < 4.78 is 5.28. The third kappa shape index (κ3) is 3.96. The van der Waals surface area contributed by atoms with Crippen LogP contribution in [0.4, 0.5) is 0 Å². The number of ether oxygens (including phenoxy) is 1. The van der Waals surface area contributed by atoms with Crippen molar-refractivity contribution in [1.82, 2.24) is 20.1 Å². The number of hydrogen-bond donors (Lipinski definition) is 0. The second kappa shape index (κ2) is 7.28. The summed E-state index contributed by atoms with van der Waals surface area (Å²) in [6.07, 6.45) is 1.69. The zero-order valence-electron chi connectivity index (χ0n) is 10.8. The van der Waals surface area contributed by atoms with Gasteiger partial charge in [0.05, 0.1) is 18.8 Å². The lowest BCUT2D eigenvalue weighted by atomic mass is 10.3. The van der Waals surface area contributed by atoms with Gasteiger partial charge >= 0.3 is 0 Å². The summed E-state index contributed by atoms with van der Waals surface area (Å²) in [7, 11) is 1.59. The summed E-state index contributed by atoms with van der Waals surface area (Å²) in [5, 5.41) is 7.68. The molecule has 0 bridgehead atoms. The van der Waals surface area contributed by atoms with E-state index >= 15 is 0 Å². The zero-order chi connectivity index (χ0) is 14.4. The maximum absolute atomic E-state index is 12.4. The Morgan fingerprint density at radius 2 is 2.30 bits per heavy atom. The van der Waals surface area contributed by atoms with Gasteiger partial charge in [-0.25, -0.2) is 0 Å². The molecule has 0 aliphatic heterocycles. The van der Waals surface area contributed by atoms with Crippen LogP contribution in [0.2, 0.25) is 4.47 Å². The lowest BCUT2D eigenvalue weighted by Gasteiger charge is -2.20. The Morgan fingerprint density at radius 3 is 2.90 bits per heavy atom. The lowest BCUT2D eigenvalue weighted by molar-refractivity contribution is 0.0676. The number of nitrogens with zero attached hydrogens (tertiary/aromatic N) is 4. The molecule has 0 unspecified atom stereocenters. The number of methoxy groups -OCH3 is 1. The van der Waals surface area contributed by atoms with Crippen molar-refractivity contribution in [1.29, 1.82) is 0 Å². The number of rotatable bonds is 6. The maximum Gasteiger partial charge on any atom is 0.285 e. The standard InChI is InChI=1S/C12H13ClN4O2S/c1-19-7-6-17(8-9-4-2-3-5-14-9)11(18)10-15-16-12(13)20-10/h2-5H,6-8H2,1H3. The van der Waals surface area contributed by atoms with Crippen LogP contribution >= 0.6 is 22.9 Å². The zero-order valence-corrected chi connectivity index (χ0v) is 12.4. The predicted octanol–water partition coefficient (Wildman–Crippen LogP) is 1.88. The van der Waals surface area contributed by atoms with Gasteiger partial charge in [-0.3, -0.25) is 9.78 Å². The molecule has 0 aliphatic rings. The van der Waals surface area contributed by atoms with Gasteiger partial charge in [-0.15, -0.1) is 10.2 Å². The molecule has 0 saturated heterocycles. The summed E-state index contributed by atoms with van der Waals surface area (Å²) in [5.74, 6) is -0.225. The molecule has 106 valence electrons. The molecule has 0 atom stereocenters. The van der Waals surface area contributed by atoms with Crippen molar-refractivity contribution in [2.75, 3.05) is 20.3 Å². The second-order valence-corrected chi connectivity index (χ2v) is 5.46. The molecule has 0 spiro atoms. The maximum atomic E-state index is 12.4. The first-order chi connectivity index (χ1) is 9.70. The molecule has 0 aliphatic carbocycles. The molecule has 0 aromatic carbocycles. The number of carbonyl (C=O) groups excluding carboxylic acids is 1.